The summed E-state index contributed by atoms with van der Waals surface area (Å²) in [7, 11) is 1.90. The molecule has 1 aromatic heterocycles. The van der Waals surface area contributed by atoms with Gasteiger partial charge in [0.25, 0.3) is 0 Å². The van der Waals surface area contributed by atoms with Crippen molar-refractivity contribution < 1.29 is 4.79 Å². The fourth-order valence-electron chi connectivity index (χ4n) is 0.913. The molecular weight excluding hydrogens is 168 g/mol. The molecule has 0 saturated carbocycles. The van der Waals surface area contributed by atoms with Crippen molar-refractivity contribution in [2.45, 2.75) is 19.5 Å². The number of amides is 1. The molecule has 0 radical (unpaired) electrons. The Labute approximate surface area is 76.9 Å². The Balaban J connectivity index is 2.44. The van der Waals surface area contributed by atoms with Crippen molar-refractivity contribution >= 4 is 5.91 Å². The van der Waals surface area contributed by atoms with Crippen molar-refractivity contribution in [3.05, 3.63) is 18.2 Å². The molecule has 0 fully saturated rings. The van der Waals surface area contributed by atoms with Crippen molar-refractivity contribution in [3.63, 3.8) is 0 Å². The lowest BCUT2D eigenvalue weighted by Gasteiger charge is -2.09. The summed E-state index contributed by atoms with van der Waals surface area (Å²) < 4.78 is 1.89. The molecular formula is C8H14N4O. The van der Waals surface area contributed by atoms with Crippen molar-refractivity contribution in [2.24, 2.45) is 12.8 Å². The minimum Gasteiger partial charge on any atom is -0.368 e. The van der Waals surface area contributed by atoms with E-state index in [1.165, 1.54) is 0 Å². The van der Waals surface area contributed by atoms with Gasteiger partial charge in [-0.05, 0) is 6.92 Å². The lowest BCUT2D eigenvalue weighted by Crippen LogP contribution is -2.38. The van der Waals surface area contributed by atoms with E-state index in [9.17, 15) is 4.79 Å². The van der Waals surface area contributed by atoms with Crippen molar-refractivity contribution in [1.29, 1.82) is 0 Å². The van der Waals surface area contributed by atoms with Gasteiger partial charge in [0.15, 0.2) is 0 Å². The summed E-state index contributed by atoms with van der Waals surface area (Å²) in [5.74, 6) is -0.345. The molecule has 1 amide bonds. The van der Waals surface area contributed by atoms with Crippen LogP contribution in [0.3, 0.4) is 0 Å². The first kappa shape index (κ1) is 9.73. The number of nitrogens with zero attached hydrogens (tertiary/aromatic N) is 2. The van der Waals surface area contributed by atoms with Crippen LogP contribution in [0.25, 0.3) is 0 Å². The summed E-state index contributed by atoms with van der Waals surface area (Å²) in [4.78, 5) is 14.6. The Morgan fingerprint density at radius 3 is 3.00 bits per heavy atom. The molecule has 0 aliphatic carbocycles. The third-order valence-corrected chi connectivity index (χ3v) is 1.93. The second-order valence-corrected chi connectivity index (χ2v) is 3.00. The van der Waals surface area contributed by atoms with Gasteiger partial charge in [-0.25, -0.2) is 4.98 Å². The van der Waals surface area contributed by atoms with E-state index in [0.29, 0.717) is 6.54 Å². The zero-order valence-electron chi connectivity index (χ0n) is 7.82. The van der Waals surface area contributed by atoms with Crippen LogP contribution in [0.1, 0.15) is 12.6 Å². The van der Waals surface area contributed by atoms with Gasteiger partial charge in [0.2, 0.25) is 5.91 Å². The normalized spacial score (nSPS) is 12.8. The molecule has 1 aromatic rings. The van der Waals surface area contributed by atoms with Crippen molar-refractivity contribution in [2.75, 3.05) is 0 Å². The Bertz CT molecular complexity index is 294. The molecule has 1 atom stereocenters. The van der Waals surface area contributed by atoms with Crippen molar-refractivity contribution in [1.82, 2.24) is 14.9 Å². The highest BCUT2D eigenvalue weighted by Crippen LogP contribution is 1.95. The number of carbonyl (C=O) groups excluding carboxylic acids is 1. The number of nitrogens with two attached hydrogens (primary N) is 1. The molecule has 0 aromatic carbocycles. The van der Waals surface area contributed by atoms with Gasteiger partial charge in [-0.15, -0.1) is 0 Å². The molecule has 5 nitrogen and oxygen atoms in total. The van der Waals surface area contributed by atoms with E-state index in [4.69, 9.17) is 5.73 Å². The highest BCUT2D eigenvalue weighted by atomic mass is 16.1. The maximum atomic E-state index is 10.7. The summed E-state index contributed by atoms with van der Waals surface area (Å²) in [5, 5.41) is 2.99. The summed E-state index contributed by atoms with van der Waals surface area (Å²) >= 11 is 0. The van der Waals surface area contributed by atoms with Crippen LogP contribution < -0.4 is 11.1 Å². The smallest absolute Gasteiger partial charge is 0.234 e. The Morgan fingerprint density at radius 2 is 2.54 bits per heavy atom. The van der Waals surface area contributed by atoms with Gasteiger partial charge in [-0.3, -0.25) is 4.79 Å². The quantitative estimate of drug-likeness (QED) is 0.652. The topological polar surface area (TPSA) is 72.9 Å². The first-order valence-electron chi connectivity index (χ1n) is 4.09. The third-order valence-electron chi connectivity index (χ3n) is 1.93. The monoisotopic (exact) mass is 182 g/mol. The average Bonchev–Trinajstić information content (AvgIpc) is 2.47. The Hall–Kier alpha value is -1.36. The molecule has 5 heteroatoms. The van der Waals surface area contributed by atoms with Gasteiger partial charge in [-0.2, -0.15) is 0 Å². The van der Waals surface area contributed by atoms with Crippen LogP contribution in [-0.4, -0.2) is 21.5 Å². The molecule has 0 saturated heterocycles. The number of aryl methyl sites for hydroxylation is 1. The second kappa shape index (κ2) is 4.04. The molecule has 13 heavy (non-hydrogen) atoms. The zero-order chi connectivity index (χ0) is 9.84. The third kappa shape index (κ3) is 2.55. The number of aromatic nitrogens is 2. The predicted octanol–water partition coefficient (Wildman–Crippen LogP) is -0.616. The van der Waals surface area contributed by atoms with Crippen LogP contribution in [0, 0.1) is 0 Å². The van der Waals surface area contributed by atoms with Gasteiger partial charge in [-0.1, -0.05) is 0 Å². The number of carbonyl (C=O) groups is 1. The number of imidazole rings is 1. The van der Waals surface area contributed by atoms with E-state index in [2.05, 4.69) is 10.3 Å². The lowest BCUT2D eigenvalue weighted by molar-refractivity contribution is -0.119. The van der Waals surface area contributed by atoms with Crippen molar-refractivity contribution in [3.8, 4) is 0 Å². The van der Waals surface area contributed by atoms with Crippen LogP contribution in [0.2, 0.25) is 0 Å². The lowest BCUT2D eigenvalue weighted by atomic mass is 10.3. The average molecular weight is 182 g/mol. The van der Waals surface area contributed by atoms with Gasteiger partial charge in [0, 0.05) is 19.8 Å². The van der Waals surface area contributed by atoms with E-state index in [0.717, 1.165) is 5.69 Å². The number of rotatable bonds is 4. The molecule has 1 heterocycles. The maximum Gasteiger partial charge on any atom is 0.234 e. The fraction of sp³-hybridized carbons (Fsp3) is 0.500. The molecule has 0 aliphatic heterocycles. The second-order valence-electron chi connectivity index (χ2n) is 3.00. The summed E-state index contributed by atoms with van der Waals surface area (Å²) in [6.45, 7) is 2.33. The van der Waals surface area contributed by atoms with Crippen LogP contribution in [0.15, 0.2) is 12.5 Å². The standard InChI is InChI=1S/C8H14N4O/c1-6(8(9)13)11-4-7-3-10-5-12(7)2/h3,5-6,11H,4H2,1-2H3,(H2,9,13). The van der Waals surface area contributed by atoms with Crippen LogP contribution in [0.5, 0.6) is 0 Å². The Kier molecular flexibility index (Phi) is 3.02. The number of hydrogen-bond acceptors (Lipinski definition) is 3. The first-order chi connectivity index (χ1) is 6.11. The van der Waals surface area contributed by atoms with Gasteiger partial charge < -0.3 is 15.6 Å². The van der Waals surface area contributed by atoms with E-state index in [-0.39, 0.29) is 11.9 Å². The predicted molar refractivity (Wildman–Crippen MR) is 48.7 cm³/mol. The van der Waals surface area contributed by atoms with E-state index in [1.54, 1.807) is 19.4 Å². The van der Waals surface area contributed by atoms with Crippen LogP contribution >= 0.6 is 0 Å². The molecule has 0 spiro atoms. The number of hydrogen-bond donors (Lipinski definition) is 2. The van der Waals surface area contributed by atoms with Gasteiger partial charge in [0.1, 0.15) is 0 Å². The minimum atomic E-state index is -0.345. The molecule has 72 valence electrons. The van der Waals surface area contributed by atoms with E-state index >= 15 is 0 Å². The number of nitrogens with one attached hydrogen (secondary N) is 1. The summed E-state index contributed by atoms with van der Waals surface area (Å²) in [5.41, 5.74) is 6.11. The molecule has 3 N–H and O–H groups in total. The zero-order valence-corrected chi connectivity index (χ0v) is 7.82. The molecule has 1 rings (SSSR count). The Morgan fingerprint density at radius 1 is 1.85 bits per heavy atom. The number of primary amides is 1. The maximum absolute atomic E-state index is 10.7. The van der Waals surface area contributed by atoms with Crippen LogP contribution in [0.4, 0.5) is 0 Å². The highest BCUT2D eigenvalue weighted by Gasteiger charge is 2.07. The van der Waals surface area contributed by atoms with Gasteiger partial charge >= 0.3 is 0 Å². The fourth-order valence-corrected chi connectivity index (χ4v) is 0.913. The molecule has 0 bridgehead atoms. The molecule has 0 aliphatic rings. The minimum absolute atomic E-state index is 0.310. The summed E-state index contributed by atoms with van der Waals surface area (Å²) in [6, 6.07) is -0.310. The first-order valence-corrected chi connectivity index (χ1v) is 4.09. The van der Waals surface area contributed by atoms with E-state index in [1.807, 2.05) is 11.6 Å². The van der Waals surface area contributed by atoms with E-state index < -0.39 is 0 Å². The summed E-state index contributed by atoms with van der Waals surface area (Å²) in [6.07, 6.45) is 3.46. The SMILES string of the molecule is CC(NCc1cncn1C)C(N)=O. The van der Waals surface area contributed by atoms with Crippen LogP contribution in [-0.2, 0) is 18.4 Å². The largest absolute Gasteiger partial charge is 0.368 e. The molecule has 1 unspecified atom stereocenters. The van der Waals surface area contributed by atoms with Gasteiger partial charge in [0.05, 0.1) is 18.1 Å². The highest BCUT2D eigenvalue weighted by molar-refractivity contribution is 5.79.